The number of carbonyl (C=O) groups is 1. The lowest BCUT2D eigenvalue weighted by Gasteiger charge is -2.20. The molecule has 3 rings (SSSR count). The van der Waals surface area contributed by atoms with Crippen molar-refractivity contribution in [1.82, 2.24) is 0 Å². The number of carboxylic acids is 1. The van der Waals surface area contributed by atoms with E-state index in [1.165, 1.54) is 64.8 Å². The van der Waals surface area contributed by atoms with E-state index in [0.717, 1.165) is 6.92 Å². The third-order valence-electron chi connectivity index (χ3n) is 5.43. The molecular formula is C29H36O2S. The molecule has 3 aromatic rings. The zero-order chi connectivity index (χ0) is 24.3. The average Bonchev–Trinajstić information content (AvgIpc) is 2.58. The first-order valence-corrected chi connectivity index (χ1v) is 12.2. The Morgan fingerprint density at radius 3 is 0.844 bits per heavy atom. The van der Waals surface area contributed by atoms with E-state index in [2.05, 4.69) is 98.7 Å². The number of hydrogen-bond donors (Lipinski definition) is 0. The molecule has 0 atom stereocenters. The van der Waals surface area contributed by atoms with Gasteiger partial charge in [-0.3, -0.25) is 0 Å². The van der Waals surface area contributed by atoms with Crippen molar-refractivity contribution in [3.05, 3.63) is 86.5 Å². The van der Waals surface area contributed by atoms with Crippen molar-refractivity contribution in [3.63, 3.8) is 0 Å². The normalized spacial score (nSPS) is 10.7. The number of carbonyl (C=O) groups excluding carboxylic acids is 1. The van der Waals surface area contributed by atoms with Gasteiger partial charge in [0.25, 0.3) is 0 Å². The molecule has 0 fully saturated rings. The summed E-state index contributed by atoms with van der Waals surface area (Å²) in [6.45, 7) is 21.3. The molecule has 0 aliphatic heterocycles. The summed E-state index contributed by atoms with van der Waals surface area (Å²) >= 11 is 0. The number of hydrogen-bond acceptors (Lipinski definition) is 2. The van der Waals surface area contributed by atoms with E-state index in [1.54, 1.807) is 0 Å². The number of aryl methyl sites for hydroxylation is 9. The van der Waals surface area contributed by atoms with Crippen LogP contribution < -0.4 is 5.11 Å². The number of aliphatic carboxylic acids is 1. The van der Waals surface area contributed by atoms with Crippen molar-refractivity contribution in [3.8, 4) is 0 Å². The van der Waals surface area contributed by atoms with Crippen molar-refractivity contribution in [1.29, 1.82) is 0 Å². The van der Waals surface area contributed by atoms with E-state index in [9.17, 15) is 0 Å². The second kappa shape index (κ2) is 10.4. The second-order valence-electron chi connectivity index (χ2n) is 8.98. The third-order valence-corrected chi connectivity index (χ3v) is 8.58. The highest BCUT2D eigenvalue weighted by atomic mass is 32.2. The fourth-order valence-corrected chi connectivity index (χ4v) is 7.67. The standard InChI is InChI=1S/C27H33S.C2H4O2/c1-16-10-19(4)25(20(5)11-16)28(26-21(6)12-17(2)13-22(26)7)27-23(8)14-18(3)15-24(27)9;1-2(3)4/h10-15H,1-9H3;1H3,(H,3,4)/q+1;/p-1. The van der Waals surface area contributed by atoms with Gasteiger partial charge in [-0.2, -0.15) is 0 Å². The zero-order valence-electron chi connectivity index (χ0n) is 21.2. The third kappa shape index (κ3) is 5.83. The lowest BCUT2D eigenvalue weighted by Crippen LogP contribution is -2.16. The summed E-state index contributed by atoms with van der Waals surface area (Å²) in [7, 11) is -0.109. The molecule has 2 nitrogen and oxygen atoms in total. The van der Waals surface area contributed by atoms with Crippen LogP contribution in [0.1, 0.15) is 57.0 Å². The highest BCUT2D eigenvalue weighted by molar-refractivity contribution is 7.97. The molecule has 0 amide bonds. The first-order valence-electron chi connectivity index (χ1n) is 11.0. The van der Waals surface area contributed by atoms with Crippen LogP contribution >= 0.6 is 0 Å². The number of rotatable bonds is 3. The molecule has 3 aromatic carbocycles. The molecule has 0 spiro atoms. The Kier molecular flexibility index (Phi) is 8.36. The summed E-state index contributed by atoms with van der Waals surface area (Å²) in [6, 6.07) is 14.1. The van der Waals surface area contributed by atoms with Crippen molar-refractivity contribution >= 4 is 16.9 Å². The fourth-order valence-electron chi connectivity index (χ4n) is 4.77. The summed E-state index contributed by atoms with van der Waals surface area (Å²) in [5.41, 5.74) is 12.4. The predicted molar refractivity (Wildman–Crippen MR) is 135 cm³/mol. The molecule has 3 heteroatoms. The monoisotopic (exact) mass is 448 g/mol. The molecule has 0 N–H and O–H groups in total. The first kappa shape index (κ1) is 25.7. The highest BCUT2D eigenvalue weighted by Crippen LogP contribution is 2.41. The van der Waals surface area contributed by atoms with Crippen molar-refractivity contribution in [2.45, 2.75) is 83.9 Å². The van der Waals surface area contributed by atoms with Crippen molar-refractivity contribution in [2.24, 2.45) is 0 Å². The molecule has 0 aliphatic carbocycles. The second-order valence-corrected chi connectivity index (χ2v) is 10.8. The van der Waals surface area contributed by atoms with E-state index in [1.807, 2.05) is 0 Å². The van der Waals surface area contributed by atoms with Gasteiger partial charge in [-0.1, -0.05) is 53.1 Å². The highest BCUT2D eigenvalue weighted by Gasteiger charge is 2.37. The fraction of sp³-hybridized carbons (Fsp3) is 0.345. The topological polar surface area (TPSA) is 40.1 Å². The van der Waals surface area contributed by atoms with Crippen LogP contribution in [0.3, 0.4) is 0 Å². The van der Waals surface area contributed by atoms with Gasteiger partial charge in [0.05, 0.1) is 0 Å². The van der Waals surface area contributed by atoms with Crippen LogP contribution in [0.4, 0.5) is 0 Å². The van der Waals surface area contributed by atoms with Crippen LogP contribution in [0.15, 0.2) is 51.1 Å². The maximum atomic E-state index is 8.89. The molecule has 0 radical (unpaired) electrons. The van der Waals surface area contributed by atoms with Crippen LogP contribution in [0.25, 0.3) is 0 Å². The maximum Gasteiger partial charge on any atom is 0.172 e. The Balaban J connectivity index is 0.000000837. The van der Waals surface area contributed by atoms with Gasteiger partial charge in [-0.15, -0.1) is 0 Å². The van der Waals surface area contributed by atoms with E-state index < -0.39 is 5.97 Å². The molecule has 32 heavy (non-hydrogen) atoms. The van der Waals surface area contributed by atoms with Gasteiger partial charge in [0.2, 0.25) is 0 Å². The summed E-state index contributed by atoms with van der Waals surface area (Å²) < 4.78 is 0. The summed E-state index contributed by atoms with van der Waals surface area (Å²) in [6.07, 6.45) is 0. The van der Waals surface area contributed by atoms with Crippen molar-refractivity contribution in [2.75, 3.05) is 0 Å². The SMILES string of the molecule is CC(=O)[O-].Cc1cc(C)c([S+](c2c(C)cc(C)cc2C)c2c(C)cc(C)cc2C)c(C)c1. The maximum absolute atomic E-state index is 8.89. The van der Waals surface area contributed by atoms with Gasteiger partial charge < -0.3 is 9.90 Å². The Labute approximate surface area is 197 Å². The molecule has 170 valence electrons. The van der Waals surface area contributed by atoms with E-state index in [-0.39, 0.29) is 10.9 Å². The summed E-state index contributed by atoms with van der Waals surface area (Å²) in [5.74, 6) is -1.08. The molecule has 0 unspecified atom stereocenters. The number of carboxylic acid groups (broad SMARTS) is 1. The van der Waals surface area contributed by atoms with Crippen LogP contribution in [-0.4, -0.2) is 5.97 Å². The van der Waals surface area contributed by atoms with Crippen LogP contribution in [0, 0.1) is 62.3 Å². The quantitative estimate of drug-likeness (QED) is 0.440. The minimum atomic E-state index is -1.08. The summed E-state index contributed by atoms with van der Waals surface area (Å²) in [4.78, 5) is 13.4. The lowest BCUT2D eigenvalue weighted by atomic mass is 10.1. The molecular weight excluding hydrogens is 412 g/mol. The van der Waals surface area contributed by atoms with E-state index in [4.69, 9.17) is 9.90 Å². The molecule has 0 saturated heterocycles. The lowest BCUT2D eigenvalue weighted by molar-refractivity contribution is -0.302. The van der Waals surface area contributed by atoms with Gasteiger partial charge in [0.1, 0.15) is 10.9 Å². The van der Waals surface area contributed by atoms with Gasteiger partial charge in [0.15, 0.2) is 14.7 Å². The Hall–Kier alpha value is -2.52. The molecule has 0 heterocycles. The first-order chi connectivity index (χ1) is 14.8. The van der Waals surface area contributed by atoms with Gasteiger partial charge >= 0.3 is 0 Å². The van der Waals surface area contributed by atoms with E-state index in [0.29, 0.717) is 0 Å². The largest absolute Gasteiger partial charge is 0.550 e. The van der Waals surface area contributed by atoms with Crippen molar-refractivity contribution < 1.29 is 9.90 Å². The molecule has 0 bridgehead atoms. The summed E-state index contributed by atoms with van der Waals surface area (Å²) in [5, 5.41) is 8.89. The minimum Gasteiger partial charge on any atom is -0.550 e. The van der Waals surface area contributed by atoms with Gasteiger partial charge in [0, 0.05) is 39.4 Å². The predicted octanol–water partition coefficient (Wildman–Crippen LogP) is 6.31. The van der Waals surface area contributed by atoms with Crippen LogP contribution in [0.2, 0.25) is 0 Å². The van der Waals surface area contributed by atoms with E-state index >= 15 is 0 Å². The molecule has 0 aliphatic rings. The smallest absolute Gasteiger partial charge is 0.172 e. The Morgan fingerprint density at radius 1 is 0.531 bits per heavy atom. The average molecular weight is 449 g/mol. The minimum absolute atomic E-state index is 0.109. The van der Waals surface area contributed by atoms with Gasteiger partial charge in [-0.05, 0) is 69.2 Å². The number of benzene rings is 3. The van der Waals surface area contributed by atoms with Crippen LogP contribution in [-0.2, 0) is 15.7 Å². The Bertz CT molecular complexity index is 948. The molecule has 0 saturated carbocycles. The Morgan fingerprint density at radius 2 is 0.688 bits per heavy atom. The molecule has 0 aromatic heterocycles. The van der Waals surface area contributed by atoms with Crippen LogP contribution in [0.5, 0.6) is 0 Å². The van der Waals surface area contributed by atoms with Gasteiger partial charge in [-0.25, -0.2) is 0 Å². The zero-order valence-corrected chi connectivity index (χ0v) is 22.0.